The third-order valence-electron chi connectivity index (χ3n) is 3.29. The summed E-state index contributed by atoms with van der Waals surface area (Å²) in [5.41, 5.74) is -0.246. The Morgan fingerprint density at radius 2 is 2.19 bits per heavy atom. The van der Waals surface area contributed by atoms with Crippen molar-refractivity contribution in [2.24, 2.45) is 0 Å². The van der Waals surface area contributed by atoms with Crippen LogP contribution in [0, 0.1) is 0 Å². The molecule has 1 aliphatic rings. The summed E-state index contributed by atoms with van der Waals surface area (Å²) >= 11 is 2.99. The minimum Gasteiger partial charge on any atom is -0.405 e. The number of amides is 1. The molecule has 1 aromatic rings. The number of nitrogens with one attached hydrogen (secondary N) is 2. The van der Waals surface area contributed by atoms with E-state index in [1.165, 1.54) is 12.1 Å². The van der Waals surface area contributed by atoms with Gasteiger partial charge in [0, 0.05) is 5.69 Å². The topological polar surface area (TPSA) is 50.4 Å². The molecule has 0 radical (unpaired) electrons. The molecule has 1 amide bonds. The standard InChI is InChI=1S/C13H14BrF3N2O2/c1-12(5-2-6-18-12)11(20)19-8-3-4-10(9(14)7-8)21-13(15,16)17/h3-4,7,18H,2,5-6H2,1H3,(H,19,20). The Morgan fingerprint density at radius 3 is 2.71 bits per heavy atom. The Balaban J connectivity index is 2.08. The third kappa shape index (κ3) is 4.10. The molecular weight excluding hydrogens is 353 g/mol. The Morgan fingerprint density at radius 1 is 1.48 bits per heavy atom. The van der Waals surface area contributed by atoms with Gasteiger partial charge >= 0.3 is 6.36 Å². The molecule has 2 N–H and O–H groups in total. The maximum atomic E-state index is 12.2. The molecule has 1 aromatic carbocycles. The van der Waals surface area contributed by atoms with Gasteiger partial charge in [0.1, 0.15) is 5.75 Å². The zero-order valence-electron chi connectivity index (χ0n) is 11.2. The number of alkyl halides is 3. The first-order valence-electron chi connectivity index (χ1n) is 6.31. The summed E-state index contributed by atoms with van der Waals surface area (Å²) in [7, 11) is 0. The Kier molecular flexibility index (Phi) is 4.48. The lowest BCUT2D eigenvalue weighted by atomic mass is 9.99. The largest absolute Gasteiger partial charge is 0.573 e. The minimum atomic E-state index is -4.76. The van der Waals surface area contributed by atoms with Crippen LogP contribution in [0.25, 0.3) is 0 Å². The highest BCUT2D eigenvalue weighted by atomic mass is 79.9. The van der Waals surface area contributed by atoms with E-state index in [-0.39, 0.29) is 16.1 Å². The molecule has 0 aliphatic carbocycles. The second kappa shape index (κ2) is 5.84. The number of carbonyl (C=O) groups is 1. The lowest BCUT2D eigenvalue weighted by Crippen LogP contribution is -2.47. The molecule has 1 heterocycles. The van der Waals surface area contributed by atoms with Gasteiger partial charge in [0.15, 0.2) is 0 Å². The molecule has 8 heteroatoms. The van der Waals surface area contributed by atoms with Crippen molar-refractivity contribution in [3.05, 3.63) is 22.7 Å². The molecule has 0 bridgehead atoms. The number of hydrogen-bond donors (Lipinski definition) is 2. The van der Waals surface area contributed by atoms with Crippen molar-refractivity contribution in [2.45, 2.75) is 31.7 Å². The number of hydrogen-bond acceptors (Lipinski definition) is 3. The van der Waals surface area contributed by atoms with Gasteiger partial charge in [-0.15, -0.1) is 13.2 Å². The van der Waals surface area contributed by atoms with Crippen molar-refractivity contribution in [1.29, 1.82) is 0 Å². The Hall–Kier alpha value is -1.28. The van der Waals surface area contributed by atoms with Crippen molar-refractivity contribution >= 4 is 27.5 Å². The van der Waals surface area contributed by atoms with E-state index < -0.39 is 11.9 Å². The highest BCUT2D eigenvalue weighted by Crippen LogP contribution is 2.33. The summed E-state index contributed by atoms with van der Waals surface area (Å²) < 4.78 is 40.5. The summed E-state index contributed by atoms with van der Waals surface area (Å²) in [6.07, 6.45) is -3.13. The molecule has 1 aliphatic heterocycles. The fraction of sp³-hybridized carbons (Fsp3) is 0.462. The SMILES string of the molecule is CC1(C(=O)Nc2ccc(OC(F)(F)F)c(Br)c2)CCCN1. The van der Waals surface area contributed by atoms with Crippen LogP contribution in [0.4, 0.5) is 18.9 Å². The monoisotopic (exact) mass is 366 g/mol. The Bertz CT molecular complexity index is 543. The molecule has 2 rings (SSSR count). The van der Waals surface area contributed by atoms with Gasteiger partial charge in [-0.2, -0.15) is 0 Å². The molecule has 1 unspecified atom stereocenters. The van der Waals surface area contributed by atoms with Gasteiger partial charge in [0.2, 0.25) is 5.91 Å². The lowest BCUT2D eigenvalue weighted by molar-refractivity contribution is -0.274. The van der Waals surface area contributed by atoms with Crippen molar-refractivity contribution in [3.8, 4) is 5.75 Å². The van der Waals surface area contributed by atoms with E-state index in [0.717, 1.165) is 25.5 Å². The van der Waals surface area contributed by atoms with Gasteiger partial charge in [-0.3, -0.25) is 4.79 Å². The van der Waals surface area contributed by atoms with Gasteiger partial charge < -0.3 is 15.4 Å². The molecule has 1 saturated heterocycles. The van der Waals surface area contributed by atoms with Gasteiger partial charge in [-0.05, 0) is 60.4 Å². The first-order valence-corrected chi connectivity index (χ1v) is 7.11. The minimum absolute atomic E-state index is 0.113. The number of anilines is 1. The Labute approximate surface area is 128 Å². The van der Waals surface area contributed by atoms with E-state index in [1.807, 2.05) is 0 Å². The predicted octanol–water partition coefficient (Wildman–Crippen LogP) is 3.43. The van der Waals surface area contributed by atoms with Crippen LogP contribution in [-0.2, 0) is 4.79 Å². The average Bonchev–Trinajstić information content (AvgIpc) is 2.80. The maximum absolute atomic E-state index is 12.2. The quantitative estimate of drug-likeness (QED) is 0.861. The van der Waals surface area contributed by atoms with Gasteiger partial charge in [-0.25, -0.2) is 0 Å². The van der Waals surface area contributed by atoms with Crippen LogP contribution < -0.4 is 15.4 Å². The van der Waals surface area contributed by atoms with Crippen molar-refractivity contribution in [2.75, 3.05) is 11.9 Å². The molecule has 1 atom stereocenters. The van der Waals surface area contributed by atoms with E-state index in [1.54, 1.807) is 6.92 Å². The van der Waals surface area contributed by atoms with E-state index in [9.17, 15) is 18.0 Å². The second-order valence-electron chi connectivity index (χ2n) is 5.01. The summed E-state index contributed by atoms with van der Waals surface area (Å²) in [6, 6.07) is 3.89. The summed E-state index contributed by atoms with van der Waals surface area (Å²) in [6.45, 7) is 2.57. The van der Waals surface area contributed by atoms with Crippen molar-refractivity contribution < 1.29 is 22.7 Å². The zero-order valence-corrected chi connectivity index (χ0v) is 12.8. The molecule has 0 spiro atoms. The van der Waals surface area contributed by atoms with Crippen LogP contribution in [0.5, 0.6) is 5.75 Å². The van der Waals surface area contributed by atoms with Crippen LogP contribution in [0.1, 0.15) is 19.8 Å². The molecule has 0 saturated carbocycles. The smallest absolute Gasteiger partial charge is 0.405 e. The van der Waals surface area contributed by atoms with Crippen LogP contribution in [0.15, 0.2) is 22.7 Å². The fourth-order valence-electron chi connectivity index (χ4n) is 2.14. The second-order valence-corrected chi connectivity index (χ2v) is 5.86. The first kappa shape index (κ1) is 16.1. The van der Waals surface area contributed by atoms with E-state index in [4.69, 9.17) is 0 Å². The summed E-state index contributed by atoms with van der Waals surface area (Å²) in [5.74, 6) is -0.568. The van der Waals surface area contributed by atoms with E-state index in [0.29, 0.717) is 5.69 Å². The molecule has 0 aromatic heterocycles. The average molecular weight is 367 g/mol. The number of benzene rings is 1. The van der Waals surface area contributed by atoms with Gasteiger partial charge in [0.25, 0.3) is 0 Å². The number of halogens is 4. The highest BCUT2D eigenvalue weighted by Gasteiger charge is 2.36. The highest BCUT2D eigenvalue weighted by molar-refractivity contribution is 9.10. The van der Waals surface area contributed by atoms with Crippen LogP contribution in [0.3, 0.4) is 0 Å². The maximum Gasteiger partial charge on any atom is 0.573 e. The van der Waals surface area contributed by atoms with Crippen molar-refractivity contribution in [1.82, 2.24) is 5.32 Å². The predicted molar refractivity (Wildman–Crippen MR) is 75.1 cm³/mol. The van der Waals surface area contributed by atoms with Gasteiger partial charge in [-0.1, -0.05) is 0 Å². The molecular formula is C13H14BrF3N2O2. The number of ether oxygens (including phenoxy) is 1. The molecule has 1 fully saturated rings. The van der Waals surface area contributed by atoms with Crippen LogP contribution >= 0.6 is 15.9 Å². The molecule has 116 valence electrons. The first-order chi connectivity index (χ1) is 9.70. The van der Waals surface area contributed by atoms with E-state index >= 15 is 0 Å². The van der Waals surface area contributed by atoms with Crippen LogP contribution in [0.2, 0.25) is 0 Å². The van der Waals surface area contributed by atoms with E-state index in [2.05, 4.69) is 31.3 Å². The number of rotatable bonds is 3. The number of carbonyl (C=O) groups excluding carboxylic acids is 1. The summed E-state index contributed by atoms with van der Waals surface area (Å²) in [4.78, 5) is 12.2. The van der Waals surface area contributed by atoms with Crippen LogP contribution in [-0.4, -0.2) is 24.4 Å². The zero-order chi connectivity index (χ0) is 15.7. The normalized spacial score (nSPS) is 22.1. The van der Waals surface area contributed by atoms with Gasteiger partial charge in [0.05, 0.1) is 10.0 Å². The molecule has 21 heavy (non-hydrogen) atoms. The fourth-order valence-corrected chi connectivity index (χ4v) is 2.60. The molecule has 4 nitrogen and oxygen atoms in total. The summed E-state index contributed by atoms with van der Waals surface area (Å²) in [5, 5.41) is 5.80. The lowest BCUT2D eigenvalue weighted by Gasteiger charge is -2.23. The van der Waals surface area contributed by atoms with Crippen molar-refractivity contribution in [3.63, 3.8) is 0 Å². The third-order valence-corrected chi connectivity index (χ3v) is 3.91.